The van der Waals surface area contributed by atoms with Crippen LogP contribution in [0.1, 0.15) is 22.5 Å². The molecule has 0 aliphatic carbocycles. The van der Waals surface area contributed by atoms with Gasteiger partial charge in [0.2, 0.25) is 11.8 Å². The predicted molar refractivity (Wildman–Crippen MR) is 63.1 cm³/mol. The number of nitrogens with one attached hydrogen (secondary N) is 1. The van der Waals surface area contributed by atoms with Crippen molar-refractivity contribution in [3.8, 4) is 0 Å². The van der Waals surface area contributed by atoms with Crippen LogP contribution < -0.4 is 5.32 Å². The van der Waals surface area contributed by atoms with E-state index in [-0.39, 0.29) is 24.8 Å². The third kappa shape index (κ3) is 2.65. The summed E-state index contributed by atoms with van der Waals surface area (Å²) >= 11 is 0. The number of nitrogens with zero attached hydrogens (tertiary/aromatic N) is 1. The summed E-state index contributed by atoms with van der Waals surface area (Å²) in [4.78, 5) is 35.3. The van der Waals surface area contributed by atoms with Crippen molar-refractivity contribution in [3.05, 3.63) is 23.7 Å². The van der Waals surface area contributed by atoms with Crippen LogP contribution in [-0.2, 0) is 20.9 Å². The lowest BCUT2D eigenvalue weighted by molar-refractivity contribution is -0.137. The molecule has 1 fully saturated rings. The van der Waals surface area contributed by atoms with Gasteiger partial charge < -0.3 is 9.15 Å². The fourth-order valence-corrected chi connectivity index (χ4v) is 1.84. The summed E-state index contributed by atoms with van der Waals surface area (Å²) in [5, 5.41) is 2.92. The van der Waals surface area contributed by atoms with Crippen LogP contribution in [-0.4, -0.2) is 42.9 Å². The monoisotopic (exact) mass is 266 g/mol. The minimum atomic E-state index is -0.538. The number of ether oxygens (including phenoxy) is 1. The Labute approximate surface area is 109 Å². The highest BCUT2D eigenvalue weighted by Gasteiger charge is 2.35. The van der Waals surface area contributed by atoms with Gasteiger partial charge in [-0.05, 0) is 6.07 Å². The maximum absolute atomic E-state index is 11.6. The third-order valence-corrected chi connectivity index (χ3v) is 2.98. The van der Waals surface area contributed by atoms with Crippen molar-refractivity contribution in [2.24, 2.45) is 0 Å². The number of furan rings is 1. The minimum Gasteiger partial charge on any atom is -0.467 e. The van der Waals surface area contributed by atoms with Gasteiger partial charge in [0.15, 0.2) is 0 Å². The molecule has 7 heteroatoms. The van der Waals surface area contributed by atoms with E-state index in [9.17, 15) is 14.4 Å². The lowest BCUT2D eigenvalue weighted by Gasteiger charge is -2.09. The Morgan fingerprint density at radius 1 is 1.58 bits per heavy atom. The fourth-order valence-electron chi connectivity index (χ4n) is 1.84. The average molecular weight is 266 g/mol. The summed E-state index contributed by atoms with van der Waals surface area (Å²) < 4.78 is 9.71. The molecule has 1 aliphatic heterocycles. The van der Waals surface area contributed by atoms with Crippen molar-refractivity contribution in [2.45, 2.75) is 19.0 Å². The minimum absolute atomic E-state index is 0.139. The molecule has 0 saturated carbocycles. The maximum Gasteiger partial charge on any atom is 0.341 e. The molecule has 102 valence electrons. The van der Waals surface area contributed by atoms with E-state index < -0.39 is 12.0 Å². The van der Waals surface area contributed by atoms with Gasteiger partial charge in [-0.15, -0.1) is 0 Å². The molecule has 1 aliphatic rings. The number of carbonyl (C=O) groups excluding carboxylic acids is 3. The van der Waals surface area contributed by atoms with Gasteiger partial charge in [0.05, 0.1) is 31.7 Å². The number of likely N-dealkylation sites (tertiary alicyclic amines) is 1. The molecule has 2 heterocycles. The van der Waals surface area contributed by atoms with E-state index in [1.54, 1.807) is 0 Å². The van der Waals surface area contributed by atoms with Gasteiger partial charge in [0, 0.05) is 7.05 Å². The summed E-state index contributed by atoms with van der Waals surface area (Å²) in [7, 11) is 2.74. The first-order chi connectivity index (χ1) is 9.02. The quantitative estimate of drug-likeness (QED) is 0.605. The molecule has 1 unspecified atom stereocenters. The van der Waals surface area contributed by atoms with E-state index in [1.807, 2.05) is 0 Å². The van der Waals surface area contributed by atoms with E-state index in [4.69, 9.17) is 4.42 Å². The van der Waals surface area contributed by atoms with E-state index in [0.717, 1.165) is 4.90 Å². The first-order valence-electron chi connectivity index (χ1n) is 5.72. The Kier molecular flexibility index (Phi) is 3.66. The highest BCUT2D eigenvalue weighted by atomic mass is 16.5. The lowest BCUT2D eigenvalue weighted by Crippen LogP contribution is -2.36. The van der Waals surface area contributed by atoms with Gasteiger partial charge >= 0.3 is 5.97 Å². The van der Waals surface area contributed by atoms with Crippen LogP contribution in [0.3, 0.4) is 0 Å². The average Bonchev–Trinajstić information content (AvgIpc) is 2.97. The van der Waals surface area contributed by atoms with Crippen LogP contribution in [0.15, 0.2) is 16.7 Å². The molecule has 0 bridgehead atoms. The van der Waals surface area contributed by atoms with E-state index in [2.05, 4.69) is 10.1 Å². The second kappa shape index (κ2) is 5.23. The van der Waals surface area contributed by atoms with Crippen LogP contribution in [0.4, 0.5) is 0 Å². The van der Waals surface area contributed by atoms with Gasteiger partial charge in [-0.2, -0.15) is 0 Å². The molecule has 7 nitrogen and oxygen atoms in total. The van der Waals surface area contributed by atoms with E-state index >= 15 is 0 Å². The number of carbonyl (C=O) groups is 3. The topological polar surface area (TPSA) is 88.8 Å². The molecule has 0 spiro atoms. The number of rotatable bonds is 4. The normalized spacial score (nSPS) is 19.1. The zero-order valence-electron chi connectivity index (χ0n) is 10.6. The van der Waals surface area contributed by atoms with Crippen LogP contribution in [0.25, 0.3) is 0 Å². The molecule has 1 saturated heterocycles. The van der Waals surface area contributed by atoms with Crippen molar-refractivity contribution in [1.82, 2.24) is 10.2 Å². The Balaban J connectivity index is 1.93. The molecule has 1 aromatic heterocycles. The molecule has 0 aromatic carbocycles. The summed E-state index contributed by atoms with van der Waals surface area (Å²) in [5.74, 6) is -0.459. The van der Waals surface area contributed by atoms with E-state index in [0.29, 0.717) is 11.3 Å². The molecule has 2 rings (SSSR count). The second-order valence-electron chi connectivity index (χ2n) is 4.22. The molecule has 1 aromatic rings. The maximum atomic E-state index is 11.6. The fraction of sp³-hybridized carbons (Fsp3) is 0.417. The van der Waals surface area contributed by atoms with Crippen LogP contribution in [0.2, 0.25) is 0 Å². The van der Waals surface area contributed by atoms with Crippen molar-refractivity contribution in [2.75, 3.05) is 14.2 Å². The number of methoxy groups -OCH3 is 1. The first kappa shape index (κ1) is 13.3. The SMILES string of the molecule is COC(=O)c1coc(CNC2CC(=O)N(C)C2=O)c1. The van der Waals surface area contributed by atoms with Crippen molar-refractivity contribution in [1.29, 1.82) is 0 Å². The number of hydrogen-bond acceptors (Lipinski definition) is 6. The van der Waals surface area contributed by atoms with Gasteiger partial charge in [-0.25, -0.2) is 4.79 Å². The smallest absolute Gasteiger partial charge is 0.341 e. The molecule has 1 N–H and O–H groups in total. The number of amides is 2. The van der Waals surface area contributed by atoms with Crippen molar-refractivity contribution < 1.29 is 23.5 Å². The molecule has 0 radical (unpaired) electrons. The molecular formula is C12H14N2O5. The number of likely N-dealkylation sites (N-methyl/N-ethyl adjacent to an activating group) is 1. The van der Waals surface area contributed by atoms with Crippen LogP contribution in [0.5, 0.6) is 0 Å². The lowest BCUT2D eigenvalue weighted by atomic mass is 10.2. The van der Waals surface area contributed by atoms with Gasteiger partial charge in [-0.1, -0.05) is 0 Å². The summed E-state index contributed by atoms with van der Waals surface area (Å²) in [6.45, 7) is 0.258. The highest BCUT2D eigenvalue weighted by Crippen LogP contribution is 2.13. The Morgan fingerprint density at radius 2 is 2.32 bits per heavy atom. The van der Waals surface area contributed by atoms with Crippen molar-refractivity contribution in [3.63, 3.8) is 0 Å². The van der Waals surface area contributed by atoms with E-state index in [1.165, 1.54) is 26.5 Å². The van der Waals surface area contributed by atoms with Crippen LogP contribution in [0, 0.1) is 0 Å². The molecular weight excluding hydrogens is 252 g/mol. The molecule has 2 amide bonds. The van der Waals surface area contributed by atoms with Gasteiger partial charge in [-0.3, -0.25) is 19.8 Å². The molecule has 1 atom stereocenters. The predicted octanol–water partition coefficient (Wildman–Crippen LogP) is -0.0869. The summed E-state index contributed by atoms with van der Waals surface area (Å²) in [6.07, 6.45) is 1.43. The molecule has 19 heavy (non-hydrogen) atoms. The highest BCUT2D eigenvalue weighted by molar-refractivity contribution is 6.05. The third-order valence-electron chi connectivity index (χ3n) is 2.98. The summed E-state index contributed by atoms with van der Waals surface area (Å²) in [5.41, 5.74) is 0.310. The first-order valence-corrected chi connectivity index (χ1v) is 5.72. The van der Waals surface area contributed by atoms with Crippen molar-refractivity contribution >= 4 is 17.8 Å². The number of esters is 1. The Hall–Kier alpha value is -2.15. The zero-order chi connectivity index (χ0) is 14.0. The van der Waals surface area contributed by atoms with Gasteiger partial charge in [0.25, 0.3) is 0 Å². The standard InChI is InChI=1S/C12H14N2O5/c1-14-10(15)4-9(11(14)16)13-5-8-3-7(6-19-8)12(17)18-2/h3,6,9,13H,4-5H2,1-2H3. The van der Waals surface area contributed by atoms with Crippen LogP contribution >= 0.6 is 0 Å². The summed E-state index contributed by atoms with van der Waals surface area (Å²) in [6, 6.07) is 0.994. The second-order valence-corrected chi connectivity index (χ2v) is 4.22. The number of hydrogen-bond donors (Lipinski definition) is 1. The number of imide groups is 1. The largest absolute Gasteiger partial charge is 0.467 e. The Bertz CT molecular complexity index is 522. The Morgan fingerprint density at radius 3 is 2.89 bits per heavy atom. The van der Waals surface area contributed by atoms with Gasteiger partial charge in [0.1, 0.15) is 12.0 Å². The zero-order valence-corrected chi connectivity index (χ0v) is 10.6.